The van der Waals surface area contributed by atoms with Crippen LogP contribution in [0.3, 0.4) is 0 Å². The fourth-order valence-corrected chi connectivity index (χ4v) is 2.35. The van der Waals surface area contributed by atoms with Gasteiger partial charge in [0.15, 0.2) is 0 Å². The second-order valence-electron chi connectivity index (χ2n) is 4.36. The zero-order chi connectivity index (χ0) is 10.6. The summed E-state index contributed by atoms with van der Waals surface area (Å²) in [7, 11) is 1.84. The summed E-state index contributed by atoms with van der Waals surface area (Å²) in [5.41, 5.74) is 0. The lowest BCUT2D eigenvalue weighted by Crippen LogP contribution is -2.51. The number of aliphatic hydroxyl groups excluding tert-OH is 2. The summed E-state index contributed by atoms with van der Waals surface area (Å²) in [6.45, 7) is 2.15. The Kier molecular flexibility index (Phi) is 4.85. The van der Waals surface area contributed by atoms with E-state index >= 15 is 0 Å². The molecule has 1 saturated carbocycles. The van der Waals surface area contributed by atoms with Crippen LogP contribution >= 0.6 is 0 Å². The molecule has 0 aliphatic heterocycles. The fourth-order valence-electron chi connectivity index (χ4n) is 2.35. The highest BCUT2D eigenvalue weighted by Crippen LogP contribution is 2.28. The molecule has 0 radical (unpaired) electrons. The predicted octanol–water partition coefficient (Wildman–Crippen LogP) is 0.896. The first kappa shape index (κ1) is 12.0. The summed E-state index contributed by atoms with van der Waals surface area (Å²) >= 11 is 0. The summed E-state index contributed by atoms with van der Waals surface area (Å²) in [5.74, 6) is 0.301. The van der Waals surface area contributed by atoms with E-state index in [0.717, 1.165) is 32.1 Å². The molecule has 1 fully saturated rings. The number of aliphatic hydroxyl groups is 2. The molecule has 0 heterocycles. The third-order valence-corrected chi connectivity index (χ3v) is 3.39. The van der Waals surface area contributed by atoms with Gasteiger partial charge in [0.25, 0.3) is 0 Å². The van der Waals surface area contributed by atoms with Gasteiger partial charge in [-0.3, -0.25) is 0 Å². The van der Waals surface area contributed by atoms with Gasteiger partial charge in [-0.1, -0.05) is 19.8 Å². The monoisotopic (exact) mass is 201 g/mol. The van der Waals surface area contributed by atoms with Crippen LogP contribution in [0.4, 0.5) is 0 Å². The minimum Gasteiger partial charge on any atom is -0.390 e. The van der Waals surface area contributed by atoms with Gasteiger partial charge in [0.1, 0.15) is 0 Å². The van der Waals surface area contributed by atoms with Crippen LogP contribution in [0.2, 0.25) is 0 Å². The highest BCUT2D eigenvalue weighted by atomic mass is 16.3. The smallest absolute Gasteiger partial charge is 0.0954 e. The Morgan fingerprint density at radius 3 is 2.50 bits per heavy atom. The molecule has 14 heavy (non-hydrogen) atoms. The Labute approximate surface area is 86.5 Å². The highest BCUT2D eigenvalue weighted by Gasteiger charge is 2.35. The van der Waals surface area contributed by atoms with E-state index in [-0.39, 0.29) is 6.04 Å². The van der Waals surface area contributed by atoms with Crippen LogP contribution in [-0.4, -0.2) is 35.5 Å². The maximum absolute atomic E-state index is 9.88. The molecule has 1 aliphatic carbocycles. The van der Waals surface area contributed by atoms with Gasteiger partial charge in [0.2, 0.25) is 0 Å². The molecule has 1 rings (SSSR count). The van der Waals surface area contributed by atoms with E-state index in [0.29, 0.717) is 5.92 Å². The predicted molar refractivity (Wildman–Crippen MR) is 57.1 cm³/mol. The van der Waals surface area contributed by atoms with Gasteiger partial charge in [-0.2, -0.15) is 0 Å². The second-order valence-corrected chi connectivity index (χ2v) is 4.36. The van der Waals surface area contributed by atoms with Gasteiger partial charge in [0, 0.05) is 6.04 Å². The normalized spacial score (nSPS) is 38.6. The highest BCUT2D eigenvalue weighted by molar-refractivity contribution is 4.90. The van der Waals surface area contributed by atoms with Gasteiger partial charge in [-0.15, -0.1) is 0 Å². The molecule has 84 valence electrons. The van der Waals surface area contributed by atoms with Crippen molar-refractivity contribution >= 4 is 0 Å². The third kappa shape index (κ3) is 2.69. The van der Waals surface area contributed by atoms with Crippen molar-refractivity contribution in [3.05, 3.63) is 0 Å². The van der Waals surface area contributed by atoms with E-state index in [1.165, 1.54) is 0 Å². The van der Waals surface area contributed by atoms with Gasteiger partial charge < -0.3 is 15.5 Å². The summed E-state index contributed by atoms with van der Waals surface area (Å²) in [6, 6.07) is 0.0721. The van der Waals surface area contributed by atoms with E-state index in [4.69, 9.17) is 0 Å². The van der Waals surface area contributed by atoms with E-state index in [2.05, 4.69) is 12.2 Å². The Hall–Kier alpha value is -0.120. The molecule has 3 N–H and O–H groups in total. The van der Waals surface area contributed by atoms with Crippen molar-refractivity contribution in [2.45, 2.75) is 57.3 Å². The number of rotatable bonds is 4. The van der Waals surface area contributed by atoms with E-state index in [1.54, 1.807) is 0 Å². The van der Waals surface area contributed by atoms with Crippen LogP contribution in [0.5, 0.6) is 0 Å². The van der Waals surface area contributed by atoms with E-state index in [9.17, 15) is 10.2 Å². The summed E-state index contributed by atoms with van der Waals surface area (Å²) < 4.78 is 0. The zero-order valence-electron chi connectivity index (χ0n) is 9.24. The number of hydrogen-bond donors (Lipinski definition) is 3. The van der Waals surface area contributed by atoms with Crippen molar-refractivity contribution in [1.29, 1.82) is 0 Å². The molecule has 0 bridgehead atoms. The van der Waals surface area contributed by atoms with Crippen molar-refractivity contribution in [3.8, 4) is 0 Å². The summed E-state index contributed by atoms with van der Waals surface area (Å²) in [6.07, 6.45) is 4.24. The maximum atomic E-state index is 9.88. The Morgan fingerprint density at radius 2 is 1.93 bits per heavy atom. The first-order valence-corrected chi connectivity index (χ1v) is 5.74. The lowest BCUT2D eigenvalue weighted by Gasteiger charge is -2.37. The molecule has 1 aliphatic rings. The van der Waals surface area contributed by atoms with Crippen LogP contribution in [0, 0.1) is 5.92 Å². The molecule has 0 spiro atoms. The molecular weight excluding hydrogens is 178 g/mol. The molecule has 0 aromatic heterocycles. The third-order valence-electron chi connectivity index (χ3n) is 3.39. The minimum absolute atomic E-state index is 0.0721. The zero-order valence-corrected chi connectivity index (χ0v) is 9.24. The van der Waals surface area contributed by atoms with Gasteiger partial charge in [-0.05, 0) is 32.2 Å². The van der Waals surface area contributed by atoms with Crippen molar-refractivity contribution in [1.82, 2.24) is 5.32 Å². The fraction of sp³-hybridized carbons (Fsp3) is 1.00. The first-order valence-electron chi connectivity index (χ1n) is 5.74. The number of hydrogen-bond acceptors (Lipinski definition) is 3. The second kappa shape index (κ2) is 5.69. The molecule has 0 amide bonds. The Balaban J connectivity index is 2.42. The molecule has 0 aromatic rings. The van der Waals surface area contributed by atoms with Crippen LogP contribution in [-0.2, 0) is 0 Å². The number of nitrogens with one attached hydrogen (secondary N) is 1. The van der Waals surface area contributed by atoms with Gasteiger partial charge in [0.05, 0.1) is 12.2 Å². The van der Waals surface area contributed by atoms with E-state index < -0.39 is 12.2 Å². The van der Waals surface area contributed by atoms with Crippen LogP contribution in [0.25, 0.3) is 0 Å². The van der Waals surface area contributed by atoms with Crippen LogP contribution in [0.1, 0.15) is 39.0 Å². The quantitative estimate of drug-likeness (QED) is 0.633. The number of likely N-dealkylation sites (N-methyl/N-ethyl adjacent to an activating group) is 1. The minimum atomic E-state index is -0.587. The standard InChI is InChI=1S/C11H23NO2/c1-3-4-5-8-6-7-9(12-2)11(14)10(8)13/h8-14H,3-7H2,1-2H3/t8?,9-,10+,11+/m1/s1. The average Bonchev–Trinajstić information content (AvgIpc) is 2.20. The van der Waals surface area contributed by atoms with Crippen molar-refractivity contribution in [3.63, 3.8) is 0 Å². The number of unbranched alkanes of at least 4 members (excludes halogenated alkanes) is 1. The molecule has 4 atom stereocenters. The molecule has 0 aromatic carbocycles. The average molecular weight is 201 g/mol. The topological polar surface area (TPSA) is 52.5 Å². The molecule has 1 unspecified atom stereocenters. The van der Waals surface area contributed by atoms with E-state index in [1.807, 2.05) is 7.05 Å². The SMILES string of the molecule is CCCCC1CC[C@@H](NC)[C@H](O)[C@H]1O. The largest absolute Gasteiger partial charge is 0.390 e. The molecule has 3 nitrogen and oxygen atoms in total. The molecule has 0 saturated heterocycles. The van der Waals surface area contributed by atoms with Crippen LogP contribution < -0.4 is 5.32 Å². The van der Waals surface area contributed by atoms with Crippen molar-refractivity contribution in [2.75, 3.05) is 7.05 Å². The maximum Gasteiger partial charge on any atom is 0.0954 e. The molecule has 3 heteroatoms. The Morgan fingerprint density at radius 1 is 1.21 bits per heavy atom. The van der Waals surface area contributed by atoms with Crippen molar-refractivity contribution in [2.24, 2.45) is 5.92 Å². The Bertz CT molecular complexity index is 163. The summed E-state index contributed by atoms with van der Waals surface area (Å²) in [4.78, 5) is 0. The van der Waals surface area contributed by atoms with Crippen molar-refractivity contribution < 1.29 is 10.2 Å². The lowest BCUT2D eigenvalue weighted by molar-refractivity contribution is -0.0634. The molecular formula is C11H23NO2. The van der Waals surface area contributed by atoms with Crippen LogP contribution in [0.15, 0.2) is 0 Å². The summed E-state index contributed by atoms with van der Waals surface area (Å²) in [5, 5.41) is 22.7. The van der Waals surface area contributed by atoms with Gasteiger partial charge in [-0.25, -0.2) is 0 Å². The lowest BCUT2D eigenvalue weighted by atomic mass is 9.79. The van der Waals surface area contributed by atoms with Gasteiger partial charge >= 0.3 is 0 Å². The first-order chi connectivity index (χ1) is 6.70.